The average Bonchev–Trinajstić information content (AvgIpc) is 3.32. The summed E-state index contributed by atoms with van der Waals surface area (Å²) in [6.45, 7) is 5.96. The van der Waals surface area contributed by atoms with Gasteiger partial charge in [-0.2, -0.15) is 17.2 Å². The van der Waals surface area contributed by atoms with E-state index >= 15 is 0 Å². The molecule has 5 atom stereocenters. The summed E-state index contributed by atoms with van der Waals surface area (Å²) in [6.07, 6.45) is 9.45. The van der Waals surface area contributed by atoms with Crippen molar-refractivity contribution in [1.29, 1.82) is 0 Å². The fourth-order valence-electron chi connectivity index (χ4n) is 6.26. The van der Waals surface area contributed by atoms with E-state index in [2.05, 4.69) is 32.4 Å². The molecule has 176 valence electrons. The van der Waals surface area contributed by atoms with Crippen LogP contribution in [0.15, 0.2) is 0 Å². The van der Waals surface area contributed by atoms with Crippen LogP contribution in [0.4, 0.5) is 0 Å². The molecular formula is C23H40N4O3S. The summed E-state index contributed by atoms with van der Waals surface area (Å²) in [7, 11) is 0. The third kappa shape index (κ3) is 5.58. The van der Waals surface area contributed by atoms with Crippen molar-refractivity contribution in [1.82, 2.24) is 20.6 Å². The number of nitrogens with one attached hydrogen (secondary N) is 2. The lowest BCUT2D eigenvalue weighted by Gasteiger charge is -2.40. The molecule has 0 radical (unpaired) electrons. The molecule has 5 rings (SSSR count). The monoisotopic (exact) mass is 452 g/mol. The number of rotatable bonds is 5. The quantitative estimate of drug-likeness (QED) is 0.657. The van der Waals surface area contributed by atoms with Gasteiger partial charge >= 0.3 is 0 Å². The number of piperidine rings is 2. The molecule has 0 spiro atoms. The maximum absolute atomic E-state index is 13.0. The Bertz CT molecular complexity index is 597. The molecule has 4 heterocycles. The maximum Gasteiger partial charge on any atom is 0.242 e. The molecule has 31 heavy (non-hydrogen) atoms. The standard InChI is InChI=1S/C23H40N4O3S/c28-23(27-8-5-18(6-9-27)26-10-12-31-13-11-26)22-15-20(30-25-22)16-29-19-3-4-21-17(14-19)2-1-7-24-21/h17-22,24-25H,1-16H2. The van der Waals surface area contributed by atoms with Crippen LogP contribution in [0.25, 0.3) is 0 Å². The van der Waals surface area contributed by atoms with Crippen LogP contribution in [-0.4, -0.2) is 96.9 Å². The lowest BCUT2D eigenvalue weighted by atomic mass is 9.78. The number of fused-ring (bicyclic) bond motifs is 1. The largest absolute Gasteiger partial charge is 0.375 e. The van der Waals surface area contributed by atoms with Gasteiger partial charge in [-0.1, -0.05) is 0 Å². The van der Waals surface area contributed by atoms with Crippen molar-refractivity contribution in [3.8, 4) is 0 Å². The van der Waals surface area contributed by atoms with Gasteiger partial charge in [0.15, 0.2) is 0 Å². The molecule has 0 aromatic rings. The highest BCUT2D eigenvalue weighted by Gasteiger charge is 2.37. The number of nitrogens with zero attached hydrogens (tertiary/aromatic N) is 2. The topological polar surface area (TPSA) is 66.1 Å². The van der Waals surface area contributed by atoms with Crippen molar-refractivity contribution in [2.45, 2.75) is 81.7 Å². The van der Waals surface area contributed by atoms with Crippen LogP contribution in [0.2, 0.25) is 0 Å². The zero-order chi connectivity index (χ0) is 21.0. The summed E-state index contributed by atoms with van der Waals surface area (Å²) in [4.78, 5) is 23.4. The second-order valence-electron chi connectivity index (χ2n) is 10.1. The van der Waals surface area contributed by atoms with E-state index in [1.165, 1.54) is 56.8 Å². The van der Waals surface area contributed by atoms with Crippen molar-refractivity contribution in [3.63, 3.8) is 0 Å². The first-order chi connectivity index (χ1) is 15.3. The summed E-state index contributed by atoms with van der Waals surface area (Å²) in [5.41, 5.74) is 3.02. The summed E-state index contributed by atoms with van der Waals surface area (Å²) in [5, 5.41) is 3.67. The van der Waals surface area contributed by atoms with Crippen LogP contribution >= 0.6 is 11.8 Å². The van der Waals surface area contributed by atoms with Gasteiger partial charge in [0.25, 0.3) is 0 Å². The molecule has 0 aromatic heterocycles. The first-order valence-corrected chi connectivity index (χ1v) is 13.8. The number of thioether (sulfide) groups is 1. The predicted octanol–water partition coefficient (Wildman–Crippen LogP) is 1.63. The van der Waals surface area contributed by atoms with Crippen LogP contribution in [0.1, 0.15) is 51.4 Å². The molecule has 5 aliphatic rings. The second kappa shape index (κ2) is 10.7. The lowest BCUT2D eigenvalue weighted by molar-refractivity contribution is -0.136. The Kier molecular flexibility index (Phi) is 7.74. The van der Waals surface area contributed by atoms with E-state index in [9.17, 15) is 4.79 Å². The van der Waals surface area contributed by atoms with Crippen molar-refractivity contribution in [2.24, 2.45) is 5.92 Å². The molecule has 7 nitrogen and oxygen atoms in total. The Labute approximate surface area is 191 Å². The molecule has 8 heteroatoms. The first-order valence-electron chi connectivity index (χ1n) is 12.6. The van der Waals surface area contributed by atoms with E-state index in [0.29, 0.717) is 24.8 Å². The number of hydrogen-bond acceptors (Lipinski definition) is 7. The molecule has 0 bridgehead atoms. The predicted molar refractivity (Wildman–Crippen MR) is 123 cm³/mol. The van der Waals surface area contributed by atoms with Gasteiger partial charge in [-0.3, -0.25) is 14.5 Å². The minimum absolute atomic E-state index is 0.0143. The van der Waals surface area contributed by atoms with Crippen LogP contribution < -0.4 is 10.8 Å². The Morgan fingerprint density at radius 1 is 1.03 bits per heavy atom. The Morgan fingerprint density at radius 2 is 1.87 bits per heavy atom. The summed E-state index contributed by atoms with van der Waals surface area (Å²) in [6, 6.07) is 1.15. The molecule has 2 N–H and O–H groups in total. The number of amides is 1. The number of hydrogen-bond donors (Lipinski definition) is 2. The zero-order valence-corrected chi connectivity index (χ0v) is 19.6. The second-order valence-corrected chi connectivity index (χ2v) is 11.3. The Balaban J connectivity index is 1.01. The van der Waals surface area contributed by atoms with Crippen LogP contribution in [-0.2, 0) is 14.4 Å². The van der Waals surface area contributed by atoms with Gasteiger partial charge in [-0.05, 0) is 57.4 Å². The highest BCUT2D eigenvalue weighted by molar-refractivity contribution is 7.99. The van der Waals surface area contributed by atoms with Crippen molar-refractivity contribution in [3.05, 3.63) is 0 Å². The molecular weight excluding hydrogens is 412 g/mol. The number of carbonyl (C=O) groups is 1. The van der Waals surface area contributed by atoms with Gasteiger partial charge < -0.3 is 15.0 Å². The smallest absolute Gasteiger partial charge is 0.242 e. The first kappa shape index (κ1) is 22.4. The molecule has 1 aliphatic carbocycles. The van der Waals surface area contributed by atoms with Crippen molar-refractivity contribution < 1.29 is 14.4 Å². The van der Waals surface area contributed by atoms with E-state index in [1.54, 1.807) is 0 Å². The average molecular weight is 453 g/mol. The summed E-state index contributed by atoms with van der Waals surface area (Å²) >= 11 is 2.06. The molecule has 4 saturated heterocycles. The number of likely N-dealkylation sites (tertiary alicyclic amines) is 1. The van der Waals surface area contributed by atoms with E-state index in [0.717, 1.165) is 44.7 Å². The maximum atomic E-state index is 13.0. The normalized spacial score (nSPS) is 38.2. The van der Waals surface area contributed by atoms with Crippen molar-refractivity contribution >= 4 is 17.7 Å². The van der Waals surface area contributed by atoms with Crippen LogP contribution in [0.5, 0.6) is 0 Å². The SMILES string of the molecule is O=C(C1CC(COC2CCC3NCCCC3C2)ON1)N1CCC(N2CCSCC2)CC1. The number of hydroxylamine groups is 1. The van der Waals surface area contributed by atoms with Crippen LogP contribution in [0.3, 0.4) is 0 Å². The van der Waals surface area contributed by atoms with E-state index < -0.39 is 0 Å². The Morgan fingerprint density at radius 3 is 2.71 bits per heavy atom. The lowest BCUT2D eigenvalue weighted by Crippen LogP contribution is -2.52. The minimum atomic E-state index is -0.213. The van der Waals surface area contributed by atoms with Gasteiger partial charge in [0.1, 0.15) is 12.1 Å². The fourth-order valence-corrected chi connectivity index (χ4v) is 7.19. The van der Waals surface area contributed by atoms with Gasteiger partial charge in [-0.25, -0.2) is 0 Å². The number of carbonyl (C=O) groups excluding carboxylic acids is 1. The van der Waals surface area contributed by atoms with Gasteiger partial charge in [-0.15, -0.1) is 0 Å². The third-order valence-corrected chi connectivity index (χ3v) is 9.06. The van der Waals surface area contributed by atoms with E-state index in [4.69, 9.17) is 9.57 Å². The molecule has 5 fully saturated rings. The molecule has 1 amide bonds. The molecule has 1 saturated carbocycles. The fraction of sp³-hybridized carbons (Fsp3) is 0.957. The summed E-state index contributed by atoms with van der Waals surface area (Å²) < 4.78 is 6.25. The molecule has 5 unspecified atom stereocenters. The Hall–Kier alpha value is -0.380. The van der Waals surface area contributed by atoms with Gasteiger partial charge in [0.2, 0.25) is 5.91 Å². The third-order valence-electron chi connectivity index (χ3n) is 8.12. The van der Waals surface area contributed by atoms with Gasteiger partial charge in [0.05, 0.1) is 12.7 Å². The van der Waals surface area contributed by atoms with Gasteiger partial charge in [0, 0.05) is 56.2 Å². The zero-order valence-electron chi connectivity index (χ0n) is 18.8. The summed E-state index contributed by atoms with van der Waals surface area (Å²) in [5.74, 6) is 3.50. The minimum Gasteiger partial charge on any atom is -0.375 e. The highest BCUT2D eigenvalue weighted by atomic mass is 32.2. The van der Waals surface area contributed by atoms with Crippen LogP contribution in [0, 0.1) is 5.92 Å². The number of ether oxygens (including phenoxy) is 1. The highest BCUT2D eigenvalue weighted by Crippen LogP contribution is 2.32. The van der Waals surface area contributed by atoms with E-state index in [-0.39, 0.29) is 18.1 Å². The van der Waals surface area contributed by atoms with Crippen molar-refractivity contribution in [2.75, 3.05) is 50.8 Å². The molecule has 4 aliphatic heterocycles. The van der Waals surface area contributed by atoms with E-state index in [1.807, 2.05) is 0 Å². The molecule has 0 aromatic carbocycles.